The Labute approximate surface area is 127 Å². The summed E-state index contributed by atoms with van der Waals surface area (Å²) in [5.41, 5.74) is 1.64. The van der Waals surface area contributed by atoms with E-state index in [1.807, 2.05) is 6.07 Å². The minimum atomic E-state index is -1.03. The molecule has 2 aromatic rings. The lowest BCUT2D eigenvalue weighted by Crippen LogP contribution is -2.14. The Balaban J connectivity index is 2.29. The van der Waals surface area contributed by atoms with Gasteiger partial charge in [0.25, 0.3) is 5.91 Å². The number of nitrogens with one attached hydrogen (secondary N) is 1. The van der Waals surface area contributed by atoms with E-state index in [-0.39, 0.29) is 10.8 Å². The van der Waals surface area contributed by atoms with E-state index in [9.17, 15) is 9.59 Å². The predicted molar refractivity (Wildman–Crippen MR) is 83.1 cm³/mol. The predicted octanol–water partition coefficient (Wildman–Crippen LogP) is 3.61. The van der Waals surface area contributed by atoms with Gasteiger partial charge in [-0.25, -0.2) is 4.79 Å². The molecule has 1 aromatic heterocycles. The third kappa shape index (κ3) is 3.13. The Morgan fingerprint density at radius 1 is 1.37 bits per heavy atom. The topological polar surface area (TPSA) is 66.4 Å². The molecule has 4 nitrogen and oxygen atoms in total. The van der Waals surface area contributed by atoms with Crippen molar-refractivity contribution in [1.82, 2.24) is 0 Å². The largest absolute Gasteiger partial charge is 0.477 e. The molecule has 0 bridgehead atoms. The fraction of sp³-hybridized carbons (Fsp3) is 0.0769. The van der Waals surface area contributed by atoms with Crippen LogP contribution in [0, 0.1) is 10.5 Å². The van der Waals surface area contributed by atoms with Crippen molar-refractivity contribution in [1.29, 1.82) is 0 Å². The number of carboxylic acids is 1. The quantitative estimate of drug-likeness (QED) is 0.791. The molecule has 0 aliphatic heterocycles. The number of carbonyl (C=O) groups excluding carboxylic acids is 1. The number of hydrogen-bond acceptors (Lipinski definition) is 3. The van der Waals surface area contributed by atoms with Gasteiger partial charge < -0.3 is 10.4 Å². The molecule has 0 spiro atoms. The number of hydrogen-bond donors (Lipinski definition) is 2. The highest BCUT2D eigenvalue weighted by Crippen LogP contribution is 2.28. The summed E-state index contributed by atoms with van der Waals surface area (Å²) in [4.78, 5) is 23.3. The first-order chi connectivity index (χ1) is 8.99. The lowest BCUT2D eigenvalue weighted by atomic mass is 10.2. The first-order valence-corrected chi connectivity index (χ1v) is 7.33. The van der Waals surface area contributed by atoms with Crippen LogP contribution >= 0.6 is 33.9 Å². The number of carbonyl (C=O) groups is 2. The maximum absolute atomic E-state index is 12.1. The molecule has 2 N–H and O–H groups in total. The molecule has 0 aliphatic carbocycles. The summed E-state index contributed by atoms with van der Waals surface area (Å²) in [6, 6.07) is 7.11. The molecule has 0 atom stereocenters. The molecule has 0 radical (unpaired) electrons. The van der Waals surface area contributed by atoms with Crippen molar-refractivity contribution in [2.75, 3.05) is 5.32 Å². The molecule has 1 heterocycles. The zero-order valence-electron chi connectivity index (χ0n) is 9.94. The van der Waals surface area contributed by atoms with Crippen LogP contribution in [0.5, 0.6) is 0 Å². The molecule has 98 valence electrons. The van der Waals surface area contributed by atoms with Gasteiger partial charge in [-0.2, -0.15) is 0 Å². The Morgan fingerprint density at radius 3 is 2.74 bits per heavy atom. The molecule has 1 aromatic carbocycles. The highest BCUT2D eigenvalue weighted by molar-refractivity contribution is 14.1. The summed E-state index contributed by atoms with van der Waals surface area (Å²) in [5.74, 6) is -1.33. The number of carboxylic acid groups (broad SMARTS) is 1. The van der Waals surface area contributed by atoms with Crippen LogP contribution in [0.4, 0.5) is 5.69 Å². The lowest BCUT2D eigenvalue weighted by molar-refractivity contribution is 0.0703. The van der Waals surface area contributed by atoms with Crippen LogP contribution in [0.3, 0.4) is 0 Å². The molecule has 19 heavy (non-hydrogen) atoms. The zero-order valence-corrected chi connectivity index (χ0v) is 12.9. The number of aryl methyl sites for hydroxylation is 1. The van der Waals surface area contributed by atoms with Crippen molar-refractivity contribution in [3.63, 3.8) is 0 Å². The molecule has 0 fully saturated rings. The van der Waals surface area contributed by atoms with Gasteiger partial charge in [0.1, 0.15) is 4.88 Å². The second-order valence-corrected chi connectivity index (χ2v) is 6.02. The van der Waals surface area contributed by atoms with Crippen LogP contribution in [0.15, 0.2) is 29.6 Å². The van der Waals surface area contributed by atoms with Gasteiger partial charge in [0.2, 0.25) is 0 Å². The maximum Gasteiger partial charge on any atom is 0.348 e. The average Bonchev–Trinajstić information content (AvgIpc) is 2.71. The highest BCUT2D eigenvalue weighted by atomic mass is 127. The number of rotatable bonds is 3. The Kier molecular flexibility index (Phi) is 4.20. The maximum atomic E-state index is 12.1. The number of anilines is 1. The Morgan fingerprint density at radius 2 is 2.11 bits per heavy atom. The van der Waals surface area contributed by atoms with E-state index in [4.69, 9.17) is 5.11 Å². The van der Waals surface area contributed by atoms with Crippen molar-refractivity contribution in [2.24, 2.45) is 0 Å². The number of benzene rings is 1. The Hall–Kier alpha value is -1.41. The number of amides is 1. The van der Waals surface area contributed by atoms with Gasteiger partial charge in [0.15, 0.2) is 0 Å². The smallest absolute Gasteiger partial charge is 0.348 e. The molecule has 2 rings (SSSR count). The van der Waals surface area contributed by atoms with E-state index in [0.717, 1.165) is 20.5 Å². The molecule has 0 saturated carbocycles. The SMILES string of the molecule is Cc1csc(C(=O)O)c1NC(=O)c1cccc(I)c1. The molecule has 1 amide bonds. The summed E-state index contributed by atoms with van der Waals surface area (Å²) >= 11 is 3.23. The summed E-state index contributed by atoms with van der Waals surface area (Å²) in [7, 11) is 0. The van der Waals surface area contributed by atoms with E-state index >= 15 is 0 Å². The van der Waals surface area contributed by atoms with E-state index in [1.165, 1.54) is 0 Å². The lowest BCUT2D eigenvalue weighted by Gasteiger charge is -2.06. The van der Waals surface area contributed by atoms with Gasteiger partial charge in [-0.1, -0.05) is 6.07 Å². The van der Waals surface area contributed by atoms with Crippen LogP contribution in [0.1, 0.15) is 25.6 Å². The third-order valence-corrected chi connectivity index (χ3v) is 4.25. The van der Waals surface area contributed by atoms with Crippen molar-refractivity contribution in [2.45, 2.75) is 6.92 Å². The normalized spacial score (nSPS) is 10.2. The summed E-state index contributed by atoms with van der Waals surface area (Å²) in [5, 5.41) is 13.5. The monoisotopic (exact) mass is 387 g/mol. The van der Waals surface area contributed by atoms with E-state index in [1.54, 1.807) is 30.5 Å². The van der Waals surface area contributed by atoms with Crippen LogP contribution in [0.25, 0.3) is 0 Å². The minimum Gasteiger partial charge on any atom is -0.477 e. The van der Waals surface area contributed by atoms with E-state index in [2.05, 4.69) is 27.9 Å². The van der Waals surface area contributed by atoms with E-state index in [0.29, 0.717) is 11.3 Å². The van der Waals surface area contributed by atoms with Gasteiger partial charge in [0.05, 0.1) is 5.69 Å². The van der Waals surface area contributed by atoms with Crippen molar-refractivity contribution in [3.8, 4) is 0 Å². The van der Waals surface area contributed by atoms with Gasteiger partial charge >= 0.3 is 5.97 Å². The highest BCUT2D eigenvalue weighted by Gasteiger charge is 2.17. The minimum absolute atomic E-state index is 0.150. The van der Waals surface area contributed by atoms with Gasteiger partial charge in [-0.3, -0.25) is 4.79 Å². The molecular weight excluding hydrogens is 377 g/mol. The number of aromatic carboxylic acids is 1. The first-order valence-electron chi connectivity index (χ1n) is 5.37. The molecule has 0 unspecified atom stereocenters. The van der Waals surface area contributed by atoms with Crippen molar-refractivity contribution < 1.29 is 14.7 Å². The standard InChI is InChI=1S/C13H10INO3S/c1-7-6-19-11(13(17)18)10(7)15-12(16)8-3-2-4-9(14)5-8/h2-6H,1H3,(H,15,16)(H,17,18). The zero-order chi connectivity index (χ0) is 14.0. The van der Waals surface area contributed by atoms with Gasteiger partial charge in [0, 0.05) is 9.13 Å². The van der Waals surface area contributed by atoms with Crippen LogP contribution in [-0.2, 0) is 0 Å². The first kappa shape index (κ1) is 14.0. The Bertz CT molecular complexity index is 651. The van der Waals surface area contributed by atoms with Gasteiger partial charge in [-0.15, -0.1) is 11.3 Å². The second-order valence-electron chi connectivity index (χ2n) is 3.89. The summed E-state index contributed by atoms with van der Waals surface area (Å²) < 4.78 is 0.950. The van der Waals surface area contributed by atoms with Crippen molar-refractivity contribution >= 4 is 51.5 Å². The summed E-state index contributed by atoms with van der Waals surface area (Å²) in [6.45, 7) is 1.77. The number of halogens is 1. The fourth-order valence-electron chi connectivity index (χ4n) is 1.57. The van der Waals surface area contributed by atoms with Gasteiger partial charge in [-0.05, 0) is 58.7 Å². The van der Waals surface area contributed by atoms with Crippen LogP contribution in [0.2, 0.25) is 0 Å². The molecular formula is C13H10INO3S. The second kappa shape index (κ2) is 5.70. The fourth-order valence-corrected chi connectivity index (χ4v) is 2.96. The van der Waals surface area contributed by atoms with E-state index < -0.39 is 5.97 Å². The van der Waals surface area contributed by atoms with Crippen molar-refractivity contribution in [3.05, 3.63) is 49.2 Å². The molecule has 0 saturated heterocycles. The molecule has 6 heteroatoms. The summed E-state index contributed by atoms with van der Waals surface area (Å²) in [6.07, 6.45) is 0. The van der Waals surface area contributed by atoms with Crippen LogP contribution < -0.4 is 5.32 Å². The number of thiophene rings is 1. The third-order valence-electron chi connectivity index (χ3n) is 2.49. The molecule has 0 aliphatic rings. The van der Waals surface area contributed by atoms with Crippen LogP contribution in [-0.4, -0.2) is 17.0 Å². The average molecular weight is 387 g/mol.